The van der Waals surface area contributed by atoms with Crippen molar-refractivity contribution in [3.63, 3.8) is 0 Å². The quantitative estimate of drug-likeness (QED) is 0.306. The summed E-state index contributed by atoms with van der Waals surface area (Å²) in [5, 5.41) is 0. The van der Waals surface area contributed by atoms with Crippen LogP contribution >= 0.6 is 48.8 Å². The molecule has 0 bridgehead atoms. The Morgan fingerprint density at radius 3 is 2.33 bits per heavy atom. The molecule has 0 aliphatic carbocycles. The number of hydrogen-bond acceptors (Lipinski definition) is 3. The van der Waals surface area contributed by atoms with E-state index in [0.29, 0.717) is 8.64 Å². The zero-order chi connectivity index (χ0) is 7.28. The van der Waals surface area contributed by atoms with E-state index in [9.17, 15) is 0 Å². The number of thiocarbonyl (C=S) groups is 2. The number of hydrazine groups is 1. The van der Waals surface area contributed by atoms with Crippen LogP contribution in [-0.4, -0.2) is 14.9 Å². The zero-order valence-corrected chi connectivity index (χ0v) is 8.02. The van der Waals surface area contributed by atoms with Gasteiger partial charge in [-0.25, -0.2) is 0 Å². The van der Waals surface area contributed by atoms with E-state index in [0.717, 1.165) is 0 Å². The summed E-state index contributed by atoms with van der Waals surface area (Å²) >= 11 is 14.6. The van der Waals surface area contributed by atoms with Crippen molar-refractivity contribution in [3.05, 3.63) is 0 Å². The van der Waals surface area contributed by atoms with E-state index in [1.54, 1.807) is 0 Å². The first-order valence-electron chi connectivity index (χ1n) is 1.99. The summed E-state index contributed by atoms with van der Waals surface area (Å²) in [5.74, 6) is 0. The van der Waals surface area contributed by atoms with Gasteiger partial charge in [0.1, 0.15) is 4.32 Å². The Kier molecular flexibility index (Phi) is 5.56. The fourth-order valence-electron chi connectivity index (χ4n) is 0.156. The van der Waals surface area contributed by atoms with Crippen molar-refractivity contribution in [1.29, 1.82) is 0 Å². The van der Waals surface area contributed by atoms with Crippen molar-refractivity contribution >= 4 is 57.5 Å². The van der Waals surface area contributed by atoms with Gasteiger partial charge in [-0.3, -0.25) is 10.9 Å². The highest BCUT2D eigenvalue weighted by Crippen LogP contribution is 1.91. The molecule has 0 rings (SSSR count). The molecule has 9 heavy (non-hydrogen) atoms. The SMILES string of the molecule is CSC(=S)NNC(=S)S. The van der Waals surface area contributed by atoms with Crippen molar-refractivity contribution in [1.82, 2.24) is 10.9 Å². The van der Waals surface area contributed by atoms with Crippen LogP contribution in [0.15, 0.2) is 0 Å². The van der Waals surface area contributed by atoms with Gasteiger partial charge in [0.2, 0.25) is 0 Å². The molecule has 6 heteroatoms. The van der Waals surface area contributed by atoms with Gasteiger partial charge in [-0.1, -0.05) is 36.2 Å². The summed E-state index contributed by atoms with van der Waals surface area (Å²) in [7, 11) is 0. The third kappa shape index (κ3) is 6.36. The molecule has 2 nitrogen and oxygen atoms in total. The minimum Gasteiger partial charge on any atom is -0.284 e. The molecule has 0 aromatic heterocycles. The summed E-state index contributed by atoms with van der Waals surface area (Å²) in [6.07, 6.45) is 1.87. The van der Waals surface area contributed by atoms with Crippen LogP contribution in [0.2, 0.25) is 0 Å². The molecule has 0 saturated heterocycles. The summed E-state index contributed by atoms with van der Waals surface area (Å²) in [6.45, 7) is 0. The molecule has 0 aliphatic rings. The molecule has 2 N–H and O–H groups in total. The minimum atomic E-state index is 0.381. The second-order valence-corrected chi connectivity index (χ2v) is 3.69. The van der Waals surface area contributed by atoms with Gasteiger partial charge in [0.25, 0.3) is 0 Å². The highest BCUT2D eigenvalue weighted by Gasteiger charge is 1.88. The average molecular weight is 198 g/mol. The van der Waals surface area contributed by atoms with Crippen molar-refractivity contribution < 1.29 is 0 Å². The lowest BCUT2D eigenvalue weighted by atomic mass is 11.3. The van der Waals surface area contributed by atoms with E-state index in [-0.39, 0.29) is 0 Å². The van der Waals surface area contributed by atoms with Gasteiger partial charge in [-0.2, -0.15) is 0 Å². The maximum atomic E-state index is 4.77. The van der Waals surface area contributed by atoms with Crippen LogP contribution in [-0.2, 0) is 0 Å². The number of thioether (sulfide) groups is 1. The van der Waals surface area contributed by atoms with Crippen LogP contribution in [0.4, 0.5) is 0 Å². The topological polar surface area (TPSA) is 24.1 Å². The van der Waals surface area contributed by atoms with E-state index >= 15 is 0 Å². The Hall–Kier alpha value is 0.480. The lowest BCUT2D eigenvalue weighted by Gasteiger charge is -2.04. The third-order valence-corrected chi connectivity index (χ3v) is 1.75. The van der Waals surface area contributed by atoms with Crippen molar-refractivity contribution in [2.75, 3.05) is 6.26 Å². The molecule has 0 spiro atoms. The molecular formula is C3H6N2S4. The average Bonchev–Trinajstić information content (AvgIpc) is 1.83. The highest BCUT2D eigenvalue weighted by atomic mass is 32.2. The molecule has 0 atom stereocenters. The van der Waals surface area contributed by atoms with Gasteiger partial charge >= 0.3 is 0 Å². The first kappa shape index (κ1) is 9.48. The van der Waals surface area contributed by atoms with E-state index in [1.807, 2.05) is 6.26 Å². The molecule has 0 aliphatic heterocycles. The fourth-order valence-corrected chi connectivity index (χ4v) is 0.467. The van der Waals surface area contributed by atoms with Crippen molar-refractivity contribution in [3.8, 4) is 0 Å². The van der Waals surface area contributed by atoms with E-state index in [2.05, 4.69) is 35.7 Å². The Balaban J connectivity index is 3.28. The van der Waals surface area contributed by atoms with Gasteiger partial charge < -0.3 is 0 Å². The highest BCUT2D eigenvalue weighted by molar-refractivity contribution is 8.22. The summed E-state index contributed by atoms with van der Waals surface area (Å²) in [5.41, 5.74) is 5.24. The fraction of sp³-hybridized carbons (Fsp3) is 0.333. The van der Waals surface area contributed by atoms with Crippen molar-refractivity contribution in [2.45, 2.75) is 0 Å². The van der Waals surface area contributed by atoms with Gasteiger partial charge in [0, 0.05) is 0 Å². The second kappa shape index (κ2) is 5.28. The molecule has 0 heterocycles. The smallest absolute Gasteiger partial charge is 0.152 e. The molecule has 0 radical (unpaired) electrons. The Morgan fingerprint density at radius 1 is 1.44 bits per heavy atom. The predicted molar refractivity (Wildman–Crippen MR) is 54.0 cm³/mol. The summed E-state index contributed by atoms with van der Waals surface area (Å²) in [6, 6.07) is 0. The van der Waals surface area contributed by atoms with Gasteiger partial charge in [0.15, 0.2) is 4.32 Å². The van der Waals surface area contributed by atoms with E-state index < -0.39 is 0 Å². The molecular weight excluding hydrogens is 192 g/mol. The van der Waals surface area contributed by atoms with Crippen LogP contribution in [0.5, 0.6) is 0 Å². The molecule has 0 fully saturated rings. The monoisotopic (exact) mass is 198 g/mol. The van der Waals surface area contributed by atoms with Crippen molar-refractivity contribution in [2.24, 2.45) is 0 Å². The summed E-state index contributed by atoms with van der Waals surface area (Å²) in [4.78, 5) is 0. The first-order valence-corrected chi connectivity index (χ1v) is 4.48. The van der Waals surface area contributed by atoms with Gasteiger partial charge in [-0.15, -0.1) is 12.6 Å². The molecule has 0 aromatic carbocycles. The normalized spacial score (nSPS) is 8.22. The first-order chi connectivity index (χ1) is 4.16. The summed E-state index contributed by atoms with van der Waals surface area (Å²) < 4.78 is 1.03. The van der Waals surface area contributed by atoms with Crippen LogP contribution in [0.1, 0.15) is 0 Å². The molecule has 0 amide bonds. The van der Waals surface area contributed by atoms with Gasteiger partial charge in [-0.05, 0) is 6.26 Å². The standard InChI is InChI=1S/C3H6N2S4/c1-9-3(8)5-4-2(6)7/h1H3,(H,5,8)(H2,4,6,7). The maximum absolute atomic E-state index is 4.77. The van der Waals surface area contributed by atoms with Crippen LogP contribution in [0, 0.1) is 0 Å². The third-order valence-electron chi connectivity index (χ3n) is 0.457. The molecule has 0 unspecified atom stereocenters. The largest absolute Gasteiger partial charge is 0.284 e. The van der Waals surface area contributed by atoms with Gasteiger partial charge in [0.05, 0.1) is 0 Å². The Morgan fingerprint density at radius 2 is 2.00 bits per heavy atom. The van der Waals surface area contributed by atoms with Crippen LogP contribution in [0.25, 0.3) is 0 Å². The lowest BCUT2D eigenvalue weighted by molar-refractivity contribution is 0.914. The predicted octanol–water partition coefficient (Wildman–Crippen LogP) is 0.943. The zero-order valence-electron chi connectivity index (χ0n) is 4.67. The number of thiol groups is 1. The Labute approximate surface area is 74.5 Å². The van der Waals surface area contributed by atoms with Crippen LogP contribution in [0.3, 0.4) is 0 Å². The second-order valence-electron chi connectivity index (χ2n) is 1.05. The maximum Gasteiger partial charge on any atom is 0.152 e. The minimum absolute atomic E-state index is 0.381. The number of nitrogens with one attached hydrogen (secondary N) is 2. The molecule has 0 aromatic rings. The van der Waals surface area contributed by atoms with E-state index in [4.69, 9.17) is 12.2 Å². The Bertz CT molecular complexity index is 123. The molecule has 52 valence electrons. The van der Waals surface area contributed by atoms with Crippen LogP contribution < -0.4 is 10.9 Å². The molecule has 0 saturated carbocycles. The number of hydrogen-bond donors (Lipinski definition) is 3. The lowest BCUT2D eigenvalue weighted by Crippen LogP contribution is -2.36. The van der Waals surface area contributed by atoms with E-state index in [1.165, 1.54) is 11.8 Å². The number of rotatable bonds is 0.